The van der Waals surface area contributed by atoms with Crippen LogP contribution >= 0.6 is 22.6 Å². The number of rotatable bonds is 6. The molecule has 0 heterocycles. The van der Waals surface area contributed by atoms with Crippen LogP contribution in [0.25, 0.3) is 0 Å². The van der Waals surface area contributed by atoms with Crippen molar-refractivity contribution in [2.24, 2.45) is 0 Å². The SMILES string of the molecule is CCNCCCCc1ccc(I)cc1. The van der Waals surface area contributed by atoms with Crippen LogP contribution in [0.4, 0.5) is 0 Å². The molecule has 1 aromatic rings. The molecule has 14 heavy (non-hydrogen) atoms. The quantitative estimate of drug-likeness (QED) is 0.628. The van der Waals surface area contributed by atoms with Crippen molar-refractivity contribution in [3.8, 4) is 0 Å². The average Bonchev–Trinajstić information content (AvgIpc) is 2.21. The summed E-state index contributed by atoms with van der Waals surface area (Å²) in [7, 11) is 0. The molecule has 0 radical (unpaired) electrons. The van der Waals surface area contributed by atoms with Crippen LogP contribution < -0.4 is 5.32 Å². The zero-order valence-corrected chi connectivity index (χ0v) is 10.9. The third kappa shape index (κ3) is 4.96. The molecule has 0 unspecified atom stereocenters. The van der Waals surface area contributed by atoms with E-state index in [9.17, 15) is 0 Å². The predicted octanol–water partition coefficient (Wildman–Crippen LogP) is 3.22. The lowest BCUT2D eigenvalue weighted by molar-refractivity contribution is 0.641. The molecule has 0 spiro atoms. The van der Waals surface area contributed by atoms with E-state index in [4.69, 9.17) is 0 Å². The molecule has 1 rings (SSSR count). The fourth-order valence-corrected chi connectivity index (χ4v) is 1.77. The minimum Gasteiger partial charge on any atom is -0.317 e. The summed E-state index contributed by atoms with van der Waals surface area (Å²) in [4.78, 5) is 0. The molecule has 1 nitrogen and oxygen atoms in total. The van der Waals surface area contributed by atoms with Gasteiger partial charge in [-0.3, -0.25) is 0 Å². The second-order valence-electron chi connectivity index (χ2n) is 3.44. The lowest BCUT2D eigenvalue weighted by atomic mass is 10.1. The van der Waals surface area contributed by atoms with Crippen LogP contribution in [-0.2, 0) is 6.42 Å². The van der Waals surface area contributed by atoms with Crippen LogP contribution in [0.3, 0.4) is 0 Å². The van der Waals surface area contributed by atoms with Gasteiger partial charge >= 0.3 is 0 Å². The molecule has 0 bridgehead atoms. The molecule has 2 heteroatoms. The van der Waals surface area contributed by atoms with Gasteiger partial charge in [0.25, 0.3) is 0 Å². The Morgan fingerprint density at radius 2 is 1.86 bits per heavy atom. The Hall–Kier alpha value is -0.0900. The standard InChI is InChI=1S/C12H18IN/c1-2-14-10-4-3-5-11-6-8-12(13)9-7-11/h6-9,14H,2-5,10H2,1H3. The van der Waals surface area contributed by atoms with Gasteiger partial charge in [-0.2, -0.15) is 0 Å². The van der Waals surface area contributed by atoms with Crippen molar-refractivity contribution in [2.75, 3.05) is 13.1 Å². The van der Waals surface area contributed by atoms with E-state index < -0.39 is 0 Å². The van der Waals surface area contributed by atoms with E-state index in [0.29, 0.717) is 0 Å². The van der Waals surface area contributed by atoms with E-state index >= 15 is 0 Å². The maximum atomic E-state index is 3.34. The monoisotopic (exact) mass is 303 g/mol. The molecule has 0 aliphatic carbocycles. The molecular formula is C12H18IN. The highest BCUT2D eigenvalue weighted by Crippen LogP contribution is 2.09. The highest BCUT2D eigenvalue weighted by Gasteiger charge is 1.93. The van der Waals surface area contributed by atoms with Crippen LogP contribution in [0.2, 0.25) is 0 Å². The van der Waals surface area contributed by atoms with Crippen molar-refractivity contribution in [1.29, 1.82) is 0 Å². The van der Waals surface area contributed by atoms with E-state index in [-0.39, 0.29) is 0 Å². The lowest BCUT2D eigenvalue weighted by Gasteiger charge is -2.02. The molecule has 0 aliphatic rings. The van der Waals surface area contributed by atoms with E-state index in [1.165, 1.54) is 28.4 Å². The molecule has 78 valence electrons. The highest BCUT2D eigenvalue weighted by atomic mass is 127. The van der Waals surface area contributed by atoms with Gasteiger partial charge < -0.3 is 5.32 Å². The molecule has 0 saturated heterocycles. The minimum absolute atomic E-state index is 1.09. The first-order valence-corrected chi connectivity index (χ1v) is 6.36. The number of aryl methyl sites for hydroxylation is 1. The topological polar surface area (TPSA) is 12.0 Å². The average molecular weight is 303 g/mol. The fourth-order valence-electron chi connectivity index (χ4n) is 1.41. The normalized spacial score (nSPS) is 10.4. The van der Waals surface area contributed by atoms with Gasteiger partial charge in [0.2, 0.25) is 0 Å². The first-order valence-electron chi connectivity index (χ1n) is 5.28. The zero-order valence-electron chi connectivity index (χ0n) is 8.72. The lowest BCUT2D eigenvalue weighted by Crippen LogP contribution is -2.13. The van der Waals surface area contributed by atoms with Gasteiger partial charge in [0.1, 0.15) is 0 Å². The smallest absolute Gasteiger partial charge is 0.0130 e. The third-order valence-electron chi connectivity index (χ3n) is 2.23. The summed E-state index contributed by atoms with van der Waals surface area (Å²) in [6, 6.07) is 8.82. The molecule has 0 aliphatic heterocycles. The Kier molecular flexibility index (Phi) is 6.19. The van der Waals surface area contributed by atoms with Gasteiger partial charge in [-0.05, 0) is 72.6 Å². The van der Waals surface area contributed by atoms with Crippen molar-refractivity contribution in [2.45, 2.75) is 26.2 Å². The van der Waals surface area contributed by atoms with Gasteiger partial charge in [0.15, 0.2) is 0 Å². The fraction of sp³-hybridized carbons (Fsp3) is 0.500. The summed E-state index contributed by atoms with van der Waals surface area (Å²) in [6.45, 7) is 4.39. The maximum Gasteiger partial charge on any atom is 0.0130 e. The number of hydrogen-bond donors (Lipinski definition) is 1. The molecule has 0 saturated carbocycles. The number of nitrogens with one attached hydrogen (secondary N) is 1. The summed E-state index contributed by atoms with van der Waals surface area (Å²) in [6.07, 6.45) is 3.77. The number of halogens is 1. The first kappa shape index (κ1) is 12.0. The Morgan fingerprint density at radius 1 is 1.14 bits per heavy atom. The number of unbranched alkanes of at least 4 members (excludes halogenated alkanes) is 1. The van der Waals surface area contributed by atoms with E-state index in [0.717, 1.165) is 13.1 Å². The second kappa shape index (κ2) is 7.23. The number of hydrogen-bond acceptors (Lipinski definition) is 1. The van der Waals surface area contributed by atoms with Gasteiger partial charge in [-0.1, -0.05) is 19.1 Å². The second-order valence-corrected chi connectivity index (χ2v) is 4.68. The van der Waals surface area contributed by atoms with Crippen molar-refractivity contribution in [3.63, 3.8) is 0 Å². The molecular weight excluding hydrogens is 285 g/mol. The van der Waals surface area contributed by atoms with Gasteiger partial charge in [0.05, 0.1) is 0 Å². The van der Waals surface area contributed by atoms with Crippen LogP contribution in [0, 0.1) is 3.57 Å². The van der Waals surface area contributed by atoms with Crippen LogP contribution in [-0.4, -0.2) is 13.1 Å². The van der Waals surface area contributed by atoms with E-state index in [1.807, 2.05) is 0 Å². The Balaban J connectivity index is 2.15. The molecule has 1 aromatic carbocycles. The van der Waals surface area contributed by atoms with E-state index in [1.54, 1.807) is 0 Å². The van der Waals surface area contributed by atoms with Gasteiger partial charge in [-0.15, -0.1) is 0 Å². The number of benzene rings is 1. The largest absolute Gasteiger partial charge is 0.317 e. The maximum absolute atomic E-state index is 3.34. The molecule has 1 N–H and O–H groups in total. The zero-order chi connectivity index (χ0) is 10.2. The molecule has 0 aromatic heterocycles. The van der Waals surface area contributed by atoms with Crippen molar-refractivity contribution in [3.05, 3.63) is 33.4 Å². The Morgan fingerprint density at radius 3 is 2.50 bits per heavy atom. The first-order chi connectivity index (χ1) is 6.83. The van der Waals surface area contributed by atoms with Crippen molar-refractivity contribution in [1.82, 2.24) is 5.32 Å². The van der Waals surface area contributed by atoms with Gasteiger partial charge in [0, 0.05) is 3.57 Å². The third-order valence-corrected chi connectivity index (χ3v) is 2.95. The van der Waals surface area contributed by atoms with Crippen LogP contribution in [0.15, 0.2) is 24.3 Å². The highest BCUT2D eigenvalue weighted by molar-refractivity contribution is 14.1. The summed E-state index contributed by atoms with van der Waals surface area (Å²) in [5, 5.41) is 3.34. The predicted molar refractivity (Wildman–Crippen MR) is 70.6 cm³/mol. The minimum atomic E-state index is 1.09. The summed E-state index contributed by atoms with van der Waals surface area (Å²) < 4.78 is 1.32. The molecule has 0 fully saturated rings. The Labute approximate surface area is 100 Å². The summed E-state index contributed by atoms with van der Waals surface area (Å²) in [5.41, 5.74) is 1.46. The molecule has 0 atom stereocenters. The van der Waals surface area contributed by atoms with Gasteiger partial charge in [-0.25, -0.2) is 0 Å². The van der Waals surface area contributed by atoms with Crippen molar-refractivity contribution < 1.29 is 0 Å². The summed E-state index contributed by atoms with van der Waals surface area (Å²) >= 11 is 2.34. The van der Waals surface area contributed by atoms with Crippen LogP contribution in [0.1, 0.15) is 25.3 Å². The molecule has 0 amide bonds. The van der Waals surface area contributed by atoms with Crippen molar-refractivity contribution >= 4 is 22.6 Å². The van der Waals surface area contributed by atoms with E-state index in [2.05, 4.69) is 59.1 Å². The summed E-state index contributed by atoms with van der Waals surface area (Å²) in [5.74, 6) is 0. The Bertz CT molecular complexity index is 243. The van der Waals surface area contributed by atoms with Crippen LogP contribution in [0.5, 0.6) is 0 Å².